The van der Waals surface area contributed by atoms with Crippen molar-refractivity contribution in [3.05, 3.63) is 24.3 Å². The Kier molecular flexibility index (Phi) is 5.82. The van der Waals surface area contributed by atoms with E-state index in [0.29, 0.717) is 31.8 Å². The van der Waals surface area contributed by atoms with Gasteiger partial charge < -0.3 is 10.2 Å². The molecule has 1 amide bonds. The van der Waals surface area contributed by atoms with Gasteiger partial charge in [-0.2, -0.15) is 0 Å². The van der Waals surface area contributed by atoms with Crippen molar-refractivity contribution in [2.75, 3.05) is 18.8 Å². The summed E-state index contributed by atoms with van der Waals surface area (Å²) >= 11 is 0. The topological polar surface area (TPSA) is 114 Å². The van der Waals surface area contributed by atoms with Crippen LogP contribution in [0.5, 0.6) is 0 Å². The number of nitrogens with zero attached hydrogens (tertiary/aromatic N) is 4. The quantitative estimate of drug-likeness (QED) is 0.805. The smallest absolute Gasteiger partial charge is 0.275 e. The van der Waals surface area contributed by atoms with Crippen molar-refractivity contribution in [3.63, 3.8) is 0 Å². The average molecular weight is 381 g/mol. The van der Waals surface area contributed by atoms with E-state index >= 15 is 0 Å². The van der Waals surface area contributed by atoms with E-state index in [-0.39, 0.29) is 29.4 Å². The molecule has 1 aromatic heterocycles. The molecule has 9 nitrogen and oxygen atoms in total. The second-order valence-corrected chi connectivity index (χ2v) is 8.58. The lowest BCUT2D eigenvalue weighted by Gasteiger charge is -2.32. The molecule has 1 N–H and O–H groups in total. The van der Waals surface area contributed by atoms with Gasteiger partial charge in [0.25, 0.3) is 5.91 Å². The van der Waals surface area contributed by atoms with Gasteiger partial charge in [0.1, 0.15) is 18.1 Å². The van der Waals surface area contributed by atoms with Crippen molar-refractivity contribution in [3.8, 4) is 0 Å². The predicted octanol–water partition coefficient (Wildman–Crippen LogP) is 0.761. The fourth-order valence-electron chi connectivity index (χ4n) is 3.26. The van der Waals surface area contributed by atoms with Crippen LogP contribution in [0.4, 0.5) is 0 Å². The third-order valence-corrected chi connectivity index (χ3v) is 6.72. The number of piperidine rings is 1. The summed E-state index contributed by atoms with van der Waals surface area (Å²) in [6, 6.07) is 1.52. The Bertz CT molecular complexity index is 760. The molecule has 0 aromatic carbocycles. The molecule has 10 heteroatoms. The number of carbonyl (C=O) groups excluding carboxylic acids is 1. The highest BCUT2D eigenvalue weighted by Gasteiger charge is 2.35. The van der Waals surface area contributed by atoms with Crippen molar-refractivity contribution in [2.24, 2.45) is 11.1 Å². The summed E-state index contributed by atoms with van der Waals surface area (Å²) in [6.45, 7) is 2.89. The minimum absolute atomic E-state index is 0.133. The van der Waals surface area contributed by atoms with Crippen LogP contribution in [0.2, 0.25) is 0 Å². The van der Waals surface area contributed by atoms with Crippen LogP contribution < -0.4 is 5.32 Å². The molecule has 0 spiro atoms. The molecule has 1 aromatic rings. The maximum absolute atomic E-state index is 12.1. The van der Waals surface area contributed by atoms with Crippen LogP contribution in [0.25, 0.3) is 0 Å². The van der Waals surface area contributed by atoms with E-state index in [9.17, 15) is 13.2 Å². The Hall–Kier alpha value is -2.07. The van der Waals surface area contributed by atoms with Gasteiger partial charge in [-0.1, -0.05) is 12.1 Å². The Labute approximate surface area is 152 Å². The van der Waals surface area contributed by atoms with Gasteiger partial charge in [0.05, 0.1) is 5.75 Å². The fourth-order valence-corrected chi connectivity index (χ4v) is 4.80. The molecule has 26 heavy (non-hydrogen) atoms. The number of oxime groups is 1. The average Bonchev–Trinajstić information content (AvgIpc) is 3.11. The number of rotatable bonds is 5. The molecule has 3 rings (SSSR count). The van der Waals surface area contributed by atoms with Crippen LogP contribution in [0.15, 0.2) is 23.7 Å². The molecule has 0 bridgehead atoms. The monoisotopic (exact) mass is 381 g/mol. The molecular weight excluding hydrogens is 358 g/mol. The lowest BCUT2D eigenvalue weighted by molar-refractivity contribution is 0.0225. The second-order valence-electron chi connectivity index (χ2n) is 6.49. The van der Waals surface area contributed by atoms with E-state index in [0.717, 1.165) is 12.8 Å². The van der Waals surface area contributed by atoms with Gasteiger partial charge in [-0.15, -0.1) is 0 Å². The molecule has 0 aliphatic carbocycles. The van der Waals surface area contributed by atoms with E-state index < -0.39 is 10.0 Å². The van der Waals surface area contributed by atoms with Crippen molar-refractivity contribution >= 4 is 21.8 Å². The maximum atomic E-state index is 12.1. The summed E-state index contributed by atoms with van der Waals surface area (Å²) in [5.74, 6) is 0.538. The minimum atomic E-state index is -3.14. The molecule has 0 radical (unpaired) electrons. The number of hydrogen-bond donors (Lipinski definition) is 1. The molecule has 2 aliphatic rings. The zero-order valence-corrected chi connectivity index (χ0v) is 15.5. The van der Waals surface area contributed by atoms with Crippen molar-refractivity contribution in [1.29, 1.82) is 0 Å². The third kappa shape index (κ3) is 4.36. The summed E-state index contributed by atoms with van der Waals surface area (Å²) < 4.78 is 25.8. The molecule has 1 fully saturated rings. The number of sulfonamides is 1. The minimum Gasteiger partial charge on any atom is -0.390 e. The van der Waals surface area contributed by atoms with Gasteiger partial charge in [-0.25, -0.2) is 22.7 Å². The van der Waals surface area contributed by atoms with Gasteiger partial charge >= 0.3 is 0 Å². The van der Waals surface area contributed by atoms with Crippen LogP contribution >= 0.6 is 0 Å². The Balaban J connectivity index is 1.48. The Morgan fingerprint density at radius 3 is 2.81 bits per heavy atom. The summed E-state index contributed by atoms with van der Waals surface area (Å²) in [6.07, 6.45) is 5.27. The van der Waals surface area contributed by atoms with Crippen molar-refractivity contribution in [2.45, 2.75) is 38.7 Å². The molecule has 1 unspecified atom stereocenters. The first-order chi connectivity index (χ1) is 12.5. The van der Waals surface area contributed by atoms with E-state index in [1.54, 1.807) is 4.31 Å². The molecule has 142 valence electrons. The van der Waals surface area contributed by atoms with Crippen LogP contribution in [0, 0.1) is 5.92 Å². The number of amidine groups is 1. The van der Waals surface area contributed by atoms with E-state index in [4.69, 9.17) is 4.84 Å². The number of carbonyl (C=O) groups is 1. The summed E-state index contributed by atoms with van der Waals surface area (Å²) in [5, 5.41) is 6.67. The van der Waals surface area contributed by atoms with E-state index in [1.165, 1.54) is 18.6 Å². The normalized spacial score (nSPS) is 21.9. The highest BCUT2D eigenvalue weighted by atomic mass is 32.2. The predicted molar refractivity (Wildman–Crippen MR) is 94.8 cm³/mol. The maximum Gasteiger partial charge on any atom is 0.275 e. The van der Waals surface area contributed by atoms with Crippen LogP contribution in [-0.2, 0) is 14.9 Å². The molecule has 1 atom stereocenters. The Morgan fingerprint density at radius 2 is 2.15 bits per heavy atom. The lowest BCUT2D eigenvalue weighted by atomic mass is 9.90. The number of aromatic nitrogens is 2. The van der Waals surface area contributed by atoms with Crippen LogP contribution in [0.3, 0.4) is 0 Å². The SMILES string of the molecule is CCCS(=O)(=O)N1CCC(C2CC(NC(=O)c3ccncn3)=NO2)CC1. The van der Waals surface area contributed by atoms with Gasteiger partial charge in [0.15, 0.2) is 5.84 Å². The van der Waals surface area contributed by atoms with E-state index in [1.807, 2.05) is 6.92 Å². The first kappa shape index (κ1) is 18.7. The van der Waals surface area contributed by atoms with Crippen molar-refractivity contribution in [1.82, 2.24) is 19.6 Å². The molecule has 3 heterocycles. The second kappa shape index (κ2) is 8.09. The third-order valence-electron chi connectivity index (χ3n) is 4.65. The van der Waals surface area contributed by atoms with Gasteiger partial charge in [-0.3, -0.25) is 4.79 Å². The largest absolute Gasteiger partial charge is 0.390 e. The number of hydrogen-bond acceptors (Lipinski definition) is 7. The van der Waals surface area contributed by atoms with Crippen molar-refractivity contribution < 1.29 is 18.0 Å². The van der Waals surface area contributed by atoms with Gasteiger partial charge in [0, 0.05) is 31.6 Å². The summed E-state index contributed by atoms with van der Waals surface area (Å²) in [4.78, 5) is 25.2. The number of nitrogens with one attached hydrogen (secondary N) is 1. The van der Waals surface area contributed by atoms with Gasteiger partial charge in [0.2, 0.25) is 10.0 Å². The van der Waals surface area contributed by atoms with E-state index in [2.05, 4.69) is 20.4 Å². The summed E-state index contributed by atoms with van der Waals surface area (Å²) in [7, 11) is -3.14. The number of amides is 1. The lowest BCUT2D eigenvalue weighted by Crippen LogP contribution is -2.42. The molecule has 0 saturated carbocycles. The zero-order valence-electron chi connectivity index (χ0n) is 14.7. The fraction of sp³-hybridized carbons (Fsp3) is 0.625. The standard InChI is InChI=1S/C16H23N5O4S/c1-2-9-26(23,24)21-7-4-12(5-8-21)14-10-15(20-25-14)19-16(22)13-3-6-17-11-18-13/h3,6,11-12,14H,2,4-5,7-10H2,1H3,(H,19,20,22). The first-order valence-corrected chi connectivity index (χ1v) is 10.4. The Morgan fingerprint density at radius 1 is 1.38 bits per heavy atom. The van der Waals surface area contributed by atoms with Gasteiger partial charge in [-0.05, 0) is 25.3 Å². The van der Waals surface area contributed by atoms with Crippen LogP contribution in [0.1, 0.15) is 43.1 Å². The highest BCUT2D eigenvalue weighted by molar-refractivity contribution is 7.89. The molecule has 1 saturated heterocycles. The summed E-state index contributed by atoms with van der Waals surface area (Å²) in [5.41, 5.74) is 0.264. The highest BCUT2D eigenvalue weighted by Crippen LogP contribution is 2.29. The first-order valence-electron chi connectivity index (χ1n) is 8.77. The zero-order chi connectivity index (χ0) is 18.6. The van der Waals surface area contributed by atoms with Crippen LogP contribution in [-0.4, -0.2) is 59.4 Å². The molecular formula is C16H23N5O4S. The molecule has 2 aliphatic heterocycles.